The predicted molar refractivity (Wildman–Crippen MR) is 71.9 cm³/mol. The largest absolute Gasteiger partial charge is 0.364 e. The van der Waals surface area contributed by atoms with E-state index in [2.05, 4.69) is 20.3 Å². The summed E-state index contributed by atoms with van der Waals surface area (Å²) in [6.45, 7) is 0.697. The Morgan fingerprint density at radius 3 is 3.06 bits per heavy atom. The second-order valence-corrected chi connectivity index (χ2v) is 5.51. The van der Waals surface area contributed by atoms with Gasteiger partial charge in [0.05, 0.1) is 17.4 Å². The second-order valence-electron chi connectivity index (χ2n) is 3.30. The van der Waals surface area contributed by atoms with E-state index in [1.807, 2.05) is 23.2 Å². The van der Waals surface area contributed by atoms with Crippen LogP contribution in [0.2, 0.25) is 5.28 Å². The monoisotopic (exact) mass is 282 g/mol. The Morgan fingerprint density at radius 2 is 2.24 bits per heavy atom. The fraction of sp³-hybridized carbons (Fsp3) is 0.100. The molecular weight excluding hydrogens is 276 g/mol. The van der Waals surface area contributed by atoms with Crippen LogP contribution in [0.4, 0.5) is 5.82 Å². The van der Waals surface area contributed by atoms with Gasteiger partial charge >= 0.3 is 0 Å². The number of rotatable bonds is 3. The summed E-state index contributed by atoms with van der Waals surface area (Å²) in [5.74, 6) is 0.773. The SMILES string of the molecule is Clc1nc(NCc2cncs2)c2ccsc2n1. The molecule has 86 valence electrons. The minimum Gasteiger partial charge on any atom is -0.364 e. The van der Waals surface area contributed by atoms with Crippen LogP contribution in [0.1, 0.15) is 4.88 Å². The van der Waals surface area contributed by atoms with Gasteiger partial charge in [-0.15, -0.1) is 22.7 Å². The highest BCUT2D eigenvalue weighted by atomic mass is 35.5. The number of halogens is 1. The molecule has 17 heavy (non-hydrogen) atoms. The molecule has 0 bridgehead atoms. The Balaban J connectivity index is 1.91. The molecule has 0 radical (unpaired) electrons. The van der Waals surface area contributed by atoms with E-state index in [0.29, 0.717) is 6.54 Å². The van der Waals surface area contributed by atoms with Gasteiger partial charge in [0.25, 0.3) is 0 Å². The highest BCUT2D eigenvalue weighted by Crippen LogP contribution is 2.26. The van der Waals surface area contributed by atoms with Gasteiger partial charge in [-0.3, -0.25) is 4.98 Å². The number of nitrogens with zero attached hydrogens (tertiary/aromatic N) is 3. The molecule has 0 aliphatic heterocycles. The minimum absolute atomic E-state index is 0.270. The van der Waals surface area contributed by atoms with Crippen molar-refractivity contribution in [1.82, 2.24) is 15.0 Å². The lowest BCUT2D eigenvalue weighted by molar-refractivity contribution is 1.12. The summed E-state index contributed by atoms with van der Waals surface area (Å²) in [6.07, 6.45) is 1.84. The van der Waals surface area contributed by atoms with Gasteiger partial charge in [0.15, 0.2) is 0 Å². The Bertz CT molecular complexity index is 635. The van der Waals surface area contributed by atoms with E-state index in [1.165, 1.54) is 0 Å². The van der Waals surface area contributed by atoms with E-state index in [1.54, 1.807) is 22.7 Å². The highest BCUT2D eigenvalue weighted by Gasteiger charge is 2.07. The van der Waals surface area contributed by atoms with E-state index >= 15 is 0 Å². The van der Waals surface area contributed by atoms with E-state index in [-0.39, 0.29) is 5.28 Å². The van der Waals surface area contributed by atoms with Crippen molar-refractivity contribution in [1.29, 1.82) is 0 Å². The lowest BCUT2D eigenvalue weighted by atomic mass is 10.4. The molecule has 3 aromatic rings. The van der Waals surface area contributed by atoms with Crippen LogP contribution in [0.25, 0.3) is 10.2 Å². The highest BCUT2D eigenvalue weighted by molar-refractivity contribution is 7.16. The minimum atomic E-state index is 0.270. The molecule has 0 saturated carbocycles. The van der Waals surface area contributed by atoms with E-state index in [4.69, 9.17) is 11.6 Å². The molecule has 0 aliphatic carbocycles. The molecule has 0 fully saturated rings. The summed E-state index contributed by atoms with van der Waals surface area (Å²) in [5, 5.41) is 6.51. The maximum Gasteiger partial charge on any atom is 0.225 e. The third kappa shape index (κ3) is 2.24. The van der Waals surface area contributed by atoms with Crippen molar-refractivity contribution in [3.05, 3.63) is 33.3 Å². The van der Waals surface area contributed by atoms with Crippen LogP contribution < -0.4 is 5.32 Å². The van der Waals surface area contributed by atoms with Crippen molar-refractivity contribution in [2.24, 2.45) is 0 Å². The number of thiazole rings is 1. The van der Waals surface area contributed by atoms with Gasteiger partial charge in [-0.05, 0) is 23.0 Å². The van der Waals surface area contributed by atoms with Crippen LogP contribution in [-0.4, -0.2) is 15.0 Å². The topological polar surface area (TPSA) is 50.7 Å². The summed E-state index contributed by atoms with van der Waals surface area (Å²) in [4.78, 5) is 14.5. The van der Waals surface area contributed by atoms with Crippen LogP contribution >= 0.6 is 34.3 Å². The van der Waals surface area contributed by atoms with Gasteiger partial charge in [0.1, 0.15) is 10.6 Å². The molecule has 0 amide bonds. The summed E-state index contributed by atoms with van der Waals surface area (Å²) in [7, 11) is 0. The van der Waals surface area contributed by atoms with E-state index in [0.717, 1.165) is 20.9 Å². The second kappa shape index (κ2) is 4.56. The fourth-order valence-electron chi connectivity index (χ4n) is 1.46. The quantitative estimate of drug-likeness (QED) is 0.748. The summed E-state index contributed by atoms with van der Waals surface area (Å²) < 4.78 is 0. The number of aromatic nitrogens is 3. The Morgan fingerprint density at radius 1 is 1.29 bits per heavy atom. The maximum atomic E-state index is 5.88. The molecule has 0 aromatic carbocycles. The maximum absolute atomic E-state index is 5.88. The van der Waals surface area contributed by atoms with Crippen molar-refractivity contribution in [3.63, 3.8) is 0 Å². The van der Waals surface area contributed by atoms with Gasteiger partial charge in [-0.2, -0.15) is 0 Å². The Hall–Kier alpha value is -1.24. The molecule has 4 nitrogen and oxygen atoms in total. The average molecular weight is 283 g/mol. The van der Waals surface area contributed by atoms with Crippen molar-refractivity contribution >= 4 is 50.3 Å². The van der Waals surface area contributed by atoms with Gasteiger partial charge in [0, 0.05) is 11.1 Å². The zero-order valence-corrected chi connectivity index (χ0v) is 10.9. The fourth-order valence-corrected chi connectivity index (χ4v) is 2.98. The molecule has 0 spiro atoms. The summed E-state index contributed by atoms with van der Waals surface area (Å²) in [5.41, 5.74) is 1.81. The summed E-state index contributed by atoms with van der Waals surface area (Å²) in [6, 6.07) is 1.99. The molecule has 1 N–H and O–H groups in total. The number of anilines is 1. The van der Waals surface area contributed by atoms with Crippen LogP contribution in [-0.2, 0) is 6.54 Å². The molecular formula is C10H7ClN4S2. The lowest BCUT2D eigenvalue weighted by Crippen LogP contribution is -2.01. The zero-order valence-electron chi connectivity index (χ0n) is 8.55. The molecule has 0 unspecified atom stereocenters. The first-order valence-electron chi connectivity index (χ1n) is 4.85. The van der Waals surface area contributed by atoms with Gasteiger partial charge in [0.2, 0.25) is 5.28 Å². The third-order valence-electron chi connectivity index (χ3n) is 2.21. The standard InChI is InChI=1S/C10H7ClN4S2/c11-10-14-8(7-1-2-16-9(7)15-10)13-4-6-3-12-5-17-6/h1-3,5H,4H2,(H,13,14,15). The first kappa shape index (κ1) is 10.9. The average Bonchev–Trinajstić information content (AvgIpc) is 2.95. The van der Waals surface area contributed by atoms with Crippen molar-refractivity contribution in [2.45, 2.75) is 6.54 Å². The normalized spacial score (nSPS) is 10.9. The number of fused-ring (bicyclic) bond motifs is 1. The smallest absolute Gasteiger partial charge is 0.225 e. The van der Waals surface area contributed by atoms with E-state index in [9.17, 15) is 0 Å². The number of hydrogen-bond acceptors (Lipinski definition) is 6. The van der Waals surface area contributed by atoms with E-state index < -0.39 is 0 Å². The molecule has 7 heteroatoms. The molecule has 3 heterocycles. The number of hydrogen-bond donors (Lipinski definition) is 1. The first-order chi connectivity index (χ1) is 8.33. The molecule has 3 aromatic heterocycles. The molecule has 0 aliphatic rings. The van der Waals surface area contributed by atoms with Crippen molar-refractivity contribution < 1.29 is 0 Å². The van der Waals surface area contributed by atoms with Gasteiger partial charge < -0.3 is 5.32 Å². The van der Waals surface area contributed by atoms with Crippen LogP contribution in [0.5, 0.6) is 0 Å². The van der Waals surface area contributed by atoms with Crippen molar-refractivity contribution in [3.8, 4) is 0 Å². The van der Waals surface area contributed by atoms with Crippen LogP contribution in [0.15, 0.2) is 23.2 Å². The number of nitrogens with one attached hydrogen (secondary N) is 1. The third-order valence-corrected chi connectivity index (χ3v) is 3.97. The summed E-state index contributed by atoms with van der Waals surface area (Å²) >= 11 is 9.04. The van der Waals surface area contributed by atoms with Crippen LogP contribution in [0, 0.1) is 0 Å². The lowest BCUT2D eigenvalue weighted by Gasteiger charge is -2.05. The Kier molecular flexibility index (Phi) is 2.92. The molecule has 0 saturated heterocycles. The van der Waals surface area contributed by atoms with Gasteiger partial charge in [-0.25, -0.2) is 9.97 Å². The zero-order chi connectivity index (χ0) is 11.7. The predicted octanol–water partition coefficient (Wildman–Crippen LogP) is 3.41. The first-order valence-corrected chi connectivity index (χ1v) is 6.98. The molecule has 0 atom stereocenters. The molecule has 3 rings (SSSR count). The van der Waals surface area contributed by atoms with Crippen molar-refractivity contribution in [2.75, 3.05) is 5.32 Å². The van der Waals surface area contributed by atoms with Crippen LogP contribution in [0.3, 0.4) is 0 Å². The number of thiophene rings is 1. The Labute approximate surface area is 110 Å². The van der Waals surface area contributed by atoms with Gasteiger partial charge in [-0.1, -0.05) is 0 Å².